The smallest absolute Gasteiger partial charge is 0.195 e. The predicted octanol–water partition coefficient (Wildman–Crippen LogP) is 4.39. The molecule has 2 aromatic carbocycles. The van der Waals surface area contributed by atoms with Gasteiger partial charge in [-0.2, -0.15) is 0 Å². The second kappa shape index (κ2) is 7.07. The first kappa shape index (κ1) is 16.4. The summed E-state index contributed by atoms with van der Waals surface area (Å²) in [6.45, 7) is 2.86. The maximum atomic E-state index is 6.24. The van der Waals surface area contributed by atoms with Gasteiger partial charge in [0.25, 0.3) is 0 Å². The van der Waals surface area contributed by atoms with E-state index in [9.17, 15) is 0 Å². The molecule has 1 aromatic heterocycles. The Morgan fingerprint density at radius 1 is 1.28 bits per heavy atom. The first-order valence-corrected chi connectivity index (χ1v) is 9.19. The van der Waals surface area contributed by atoms with E-state index in [0.29, 0.717) is 17.4 Å². The molecule has 3 aromatic rings. The van der Waals surface area contributed by atoms with E-state index in [1.54, 1.807) is 18.1 Å². The number of nitrogens with zero attached hydrogens (tertiary/aromatic N) is 3. The number of thioether (sulfide) groups is 1. The molecule has 0 unspecified atom stereocenters. The lowest BCUT2D eigenvalue weighted by Crippen LogP contribution is -2.13. The van der Waals surface area contributed by atoms with Crippen molar-refractivity contribution in [2.24, 2.45) is 0 Å². The molecule has 0 spiro atoms. The van der Waals surface area contributed by atoms with Crippen LogP contribution in [-0.2, 0) is 17.1 Å². The van der Waals surface area contributed by atoms with Crippen molar-refractivity contribution >= 4 is 23.4 Å². The summed E-state index contributed by atoms with van der Waals surface area (Å²) in [4.78, 5) is 0. The third-order valence-electron chi connectivity index (χ3n) is 4.00. The SMILES string of the molecule is Cc1ccccc1-n1cnnc1SCc1cc(Cl)cc2c1OCOC2. The molecule has 1 aliphatic rings. The lowest BCUT2D eigenvalue weighted by Gasteiger charge is -2.21. The van der Waals surface area contributed by atoms with Crippen molar-refractivity contribution < 1.29 is 9.47 Å². The molecule has 0 fully saturated rings. The van der Waals surface area contributed by atoms with Crippen molar-refractivity contribution in [3.8, 4) is 11.4 Å². The van der Waals surface area contributed by atoms with Gasteiger partial charge in [0.2, 0.25) is 0 Å². The van der Waals surface area contributed by atoms with Gasteiger partial charge >= 0.3 is 0 Å². The molecular weight excluding hydrogens is 358 g/mol. The van der Waals surface area contributed by atoms with E-state index in [1.165, 1.54) is 5.56 Å². The summed E-state index contributed by atoms with van der Waals surface area (Å²) in [7, 11) is 0. The molecule has 0 atom stereocenters. The molecule has 1 aliphatic heterocycles. The average molecular weight is 374 g/mol. The van der Waals surface area contributed by atoms with E-state index >= 15 is 0 Å². The summed E-state index contributed by atoms with van der Waals surface area (Å²) in [6.07, 6.45) is 1.74. The van der Waals surface area contributed by atoms with Crippen LogP contribution in [0.5, 0.6) is 5.75 Å². The van der Waals surface area contributed by atoms with Gasteiger partial charge in [-0.15, -0.1) is 10.2 Å². The fraction of sp³-hybridized carbons (Fsp3) is 0.222. The van der Waals surface area contributed by atoms with Crippen molar-refractivity contribution in [2.45, 2.75) is 24.4 Å². The molecule has 4 rings (SSSR count). The molecule has 0 bridgehead atoms. The lowest BCUT2D eigenvalue weighted by molar-refractivity contribution is -0.0168. The first-order chi connectivity index (χ1) is 12.2. The zero-order valence-electron chi connectivity index (χ0n) is 13.6. The van der Waals surface area contributed by atoms with Gasteiger partial charge in [0, 0.05) is 21.9 Å². The highest BCUT2D eigenvalue weighted by Crippen LogP contribution is 2.35. The van der Waals surface area contributed by atoms with Gasteiger partial charge in [0.15, 0.2) is 11.9 Å². The Bertz CT molecular complexity index is 913. The fourth-order valence-corrected chi connectivity index (χ4v) is 3.98. The number of fused-ring (bicyclic) bond motifs is 1. The zero-order chi connectivity index (χ0) is 17.2. The highest BCUT2D eigenvalue weighted by Gasteiger charge is 2.18. The summed E-state index contributed by atoms with van der Waals surface area (Å²) in [6, 6.07) is 12.0. The van der Waals surface area contributed by atoms with Gasteiger partial charge in [-0.3, -0.25) is 4.57 Å². The topological polar surface area (TPSA) is 49.2 Å². The molecule has 0 aliphatic carbocycles. The number of rotatable bonds is 4. The second-order valence-electron chi connectivity index (χ2n) is 5.72. The molecule has 25 heavy (non-hydrogen) atoms. The highest BCUT2D eigenvalue weighted by molar-refractivity contribution is 7.98. The summed E-state index contributed by atoms with van der Waals surface area (Å²) >= 11 is 7.84. The standard InChI is InChI=1S/C18H16ClN3O2S/c1-12-4-2-3-5-16(12)22-10-20-21-18(22)25-9-14-7-15(19)6-13-8-23-11-24-17(13)14/h2-7,10H,8-9,11H2,1H3. The van der Waals surface area contributed by atoms with E-state index in [-0.39, 0.29) is 6.79 Å². The number of hydrogen-bond donors (Lipinski definition) is 0. The monoisotopic (exact) mass is 373 g/mol. The normalized spacial score (nSPS) is 13.4. The van der Waals surface area contributed by atoms with Crippen molar-refractivity contribution in [3.05, 3.63) is 64.4 Å². The van der Waals surface area contributed by atoms with Crippen LogP contribution in [0.3, 0.4) is 0 Å². The van der Waals surface area contributed by atoms with E-state index in [0.717, 1.165) is 27.7 Å². The number of benzene rings is 2. The Morgan fingerprint density at radius 3 is 3.04 bits per heavy atom. The van der Waals surface area contributed by atoms with Crippen LogP contribution in [-0.4, -0.2) is 21.6 Å². The van der Waals surface area contributed by atoms with Crippen molar-refractivity contribution in [2.75, 3.05) is 6.79 Å². The van der Waals surface area contributed by atoms with Crippen molar-refractivity contribution in [1.82, 2.24) is 14.8 Å². The molecule has 2 heterocycles. The number of halogens is 1. The molecule has 5 nitrogen and oxygen atoms in total. The van der Waals surface area contributed by atoms with Gasteiger partial charge in [-0.05, 0) is 30.7 Å². The maximum absolute atomic E-state index is 6.24. The lowest BCUT2D eigenvalue weighted by atomic mass is 10.1. The van der Waals surface area contributed by atoms with E-state index in [4.69, 9.17) is 21.1 Å². The second-order valence-corrected chi connectivity index (χ2v) is 7.10. The molecule has 0 amide bonds. The maximum Gasteiger partial charge on any atom is 0.195 e. The minimum absolute atomic E-state index is 0.270. The largest absolute Gasteiger partial charge is 0.467 e. The van der Waals surface area contributed by atoms with E-state index in [2.05, 4.69) is 29.3 Å². The Kier molecular flexibility index (Phi) is 4.65. The van der Waals surface area contributed by atoms with Gasteiger partial charge in [0.05, 0.1) is 12.3 Å². The number of hydrogen-bond acceptors (Lipinski definition) is 5. The van der Waals surface area contributed by atoms with E-state index in [1.807, 2.05) is 28.8 Å². The molecule has 0 radical (unpaired) electrons. The molecular formula is C18H16ClN3O2S. The highest BCUT2D eigenvalue weighted by atomic mass is 35.5. The Hall–Kier alpha value is -2.02. The Labute approximate surface area is 154 Å². The third kappa shape index (κ3) is 3.38. The van der Waals surface area contributed by atoms with Gasteiger partial charge in [-0.25, -0.2) is 0 Å². The van der Waals surface area contributed by atoms with Crippen LogP contribution in [0.25, 0.3) is 5.69 Å². The molecule has 0 saturated heterocycles. The quantitative estimate of drug-likeness (QED) is 0.635. The van der Waals surface area contributed by atoms with Crippen molar-refractivity contribution in [1.29, 1.82) is 0 Å². The van der Waals surface area contributed by atoms with Crippen LogP contribution in [0.4, 0.5) is 0 Å². The number of ether oxygens (including phenoxy) is 2. The summed E-state index contributed by atoms with van der Waals surface area (Å²) in [5, 5.41) is 9.85. The summed E-state index contributed by atoms with van der Waals surface area (Å²) in [5.74, 6) is 1.55. The third-order valence-corrected chi connectivity index (χ3v) is 5.21. The number of aromatic nitrogens is 3. The van der Waals surface area contributed by atoms with Crippen LogP contribution >= 0.6 is 23.4 Å². The summed E-state index contributed by atoms with van der Waals surface area (Å²) in [5.41, 5.74) is 4.27. The Balaban J connectivity index is 1.61. The van der Waals surface area contributed by atoms with Crippen molar-refractivity contribution in [3.63, 3.8) is 0 Å². The van der Waals surface area contributed by atoms with E-state index < -0.39 is 0 Å². The Morgan fingerprint density at radius 2 is 2.16 bits per heavy atom. The molecule has 0 N–H and O–H groups in total. The summed E-state index contributed by atoms with van der Waals surface area (Å²) < 4.78 is 13.0. The van der Waals surface area contributed by atoms with Gasteiger partial charge in [0.1, 0.15) is 12.1 Å². The first-order valence-electron chi connectivity index (χ1n) is 7.83. The predicted molar refractivity (Wildman–Crippen MR) is 97.4 cm³/mol. The fourth-order valence-electron chi connectivity index (χ4n) is 2.83. The average Bonchev–Trinajstić information content (AvgIpc) is 3.08. The van der Waals surface area contributed by atoms with Crippen LogP contribution in [0.15, 0.2) is 47.9 Å². The van der Waals surface area contributed by atoms with Crippen LogP contribution in [0.2, 0.25) is 5.02 Å². The number of para-hydroxylation sites is 1. The van der Waals surface area contributed by atoms with Crippen LogP contribution in [0.1, 0.15) is 16.7 Å². The zero-order valence-corrected chi connectivity index (χ0v) is 15.2. The van der Waals surface area contributed by atoms with Crippen LogP contribution < -0.4 is 4.74 Å². The van der Waals surface area contributed by atoms with Gasteiger partial charge in [-0.1, -0.05) is 41.6 Å². The van der Waals surface area contributed by atoms with Gasteiger partial charge < -0.3 is 9.47 Å². The minimum Gasteiger partial charge on any atom is -0.467 e. The molecule has 7 heteroatoms. The van der Waals surface area contributed by atoms with Crippen LogP contribution in [0, 0.1) is 6.92 Å². The molecule has 128 valence electrons. The number of aryl methyl sites for hydroxylation is 1. The molecule has 0 saturated carbocycles. The minimum atomic E-state index is 0.270.